The molecule has 8 nitrogen and oxygen atoms in total. The molecule has 0 atom stereocenters. The van der Waals surface area contributed by atoms with Crippen LogP contribution in [0.25, 0.3) is 31.8 Å². The summed E-state index contributed by atoms with van der Waals surface area (Å²) in [5, 5.41) is 0.639. The molecule has 0 aliphatic rings. The second-order valence-electron chi connectivity index (χ2n) is 8.70. The average Bonchev–Trinajstić information content (AvgIpc) is 3.32. The fraction of sp³-hybridized carbons (Fsp3) is 0.192. The lowest BCUT2D eigenvalue weighted by Crippen LogP contribution is -2.28. The van der Waals surface area contributed by atoms with E-state index in [1.54, 1.807) is 18.2 Å². The van der Waals surface area contributed by atoms with Gasteiger partial charge in [-0.25, -0.2) is 36.9 Å². The Kier molecular flexibility index (Phi) is 7.57. The number of aromatic nitrogens is 3. The molecule has 0 bridgehead atoms. The molecule has 5 aromatic rings. The molecule has 0 saturated carbocycles. The molecule has 0 amide bonds. The van der Waals surface area contributed by atoms with Crippen molar-refractivity contribution in [3.8, 4) is 22.2 Å². The van der Waals surface area contributed by atoms with Crippen LogP contribution in [0.2, 0.25) is 0 Å². The van der Waals surface area contributed by atoms with E-state index in [1.165, 1.54) is 11.3 Å². The van der Waals surface area contributed by atoms with Crippen LogP contribution in [0.5, 0.6) is 11.6 Å². The van der Waals surface area contributed by atoms with Crippen LogP contribution in [0.3, 0.4) is 0 Å². The summed E-state index contributed by atoms with van der Waals surface area (Å²) in [5.41, 5.74) is 3.92. The molecule has 5 rings (SSSR count). The highest BCUT2D eigenvalue weighted by Gasteiger charge is 2.18. The minimum absolute atomic E-state index is 0.0271. The molecule has 3 aromatic carbocycles. The Labute approximate surface area is 229 Å². The van der Waals surface area contributed by atoms with E-state index in [-0.39, 0.29) is 19.0 Å². The van der Waals surface area contributed by atoms with E-state index in [4.69, 9.17) is 9.72 Å². The van der Waals surface area contributed by atoms with Crippen molar-refractivity contribution in [2.75, 3.05) is 13.2 Å². The topological polar surface area (TPSA) is 103 Å². The number of halogens is 4. The van der Waals surface area contributed by atoms with Gasteiger partial charge in [0.05, 0.1) is 32.3 Å². The first-order valence-corrected chi connectivity index (χ1v) is 14.0. The summed E-state index contributed by atoms with van der Waals surface area (Å²) >= 11 is 1.37. The average molecular weight is 593 g/mol. The van der Waals surface area contributed by atoms with Gasteiger partial charge < -0.3 is 9.47 Å². The number of ether oxygens (including phenoxy) is 2. The van der Waals surface area contributed by atoms with E-state index in [0.717, 1.165) is 39.7 Å². The van der Waals surface area contributed by atoms with Crippen LogP contribution in [0.1, 0.15) is 11.1 Å². The van der Waals surface area contributed by atoms with Crippen LogP contribution in [-0.4, -0.2) is 43.1 Å². The number of nitrogens with one attached hydrogen (secondary N) is 1. The molecule has 14 heteroatoms. The zero-order valence-corrected chi connectivity index (χ0v) is 22.5. The summed E-state index contributed by atoms with van der Waals surface area (Å²) in [4.78, 5) is 12.8. The molecule has 0 aliphatic heterocycles. The summed E-state index contributed by atoms with van der Waals surface area (Å²) < 4.78 is 89.7. The monoisotopic (exact) mass is 592 g/mol. The second-order valence-corrected chi connectivity index (χ2v) is 11.5. The number of fused-ring (bicyclic) bond motifs is 2. The molecule has 1 N–H and O–H groups in total. The number of hydrogen-bond donors (Lipinski definition) is 1. The third kappa shape index (κ3) is 5.83. The number of aryl methyl sites for hydroxylation is 2. The number of benzene rings is 3. The maximum Gasteiger partial charge on any atom is 0.388 e. The Hall–Kier alpha value is -3.88. The first kappa shape index (κ1) is 27.7. The van der Waals surface area contributed by atoms with Gasteiger partial charge in [0.25, 0.3) is 0 Å². The maximum absolute atomic E-state index is 13.4. The van der Waals surface area contributed by atoms with Crippen molar-refractivity contribution in [2.24, 2.45) is 0 Å². The smallest absolute Gasteiger partial charge is 0.388 e. The van der Waals surface area contributed by atoms with E-state index in [1.807, 2.05) is 19.9 Å². The van der Waals surface area contributed by atoms with Crippen molar-refractivity contribution < 1.29 is 35.5 Å². The Morgan fingerprint density at radius 3 is 2.55 bits per heavy atom. The third-order valence-corrected chi connectivity index (χ3v) is 8.23. The highest BCUT2D eigenvalue weighted by molar-refractivity contribution is 7.89. The first-order valence-electron chi connectivity index (χ1n) is 11.7. The fourth-order valence-corrected chi connectivity index (χ4v) is 6.11. The number of nitrogens with zero attached hydrogens (tertiary/aromatic N) is 3. The largest absolute Gasteiger partial charge is 0.492 e. The number of hydrogen-bond acceptors (Lipinski definition) is 8. The molecule has 0 fully saturated rings. The van der Waals surface area contributed by atoms with Gasteiger partial charge in [0, 0.05) is 12.1 Å². The van der Waals surface area contributed by atoms with Gasteiger partial charge in [-0.05, 0) is 67.4 Å². The van der Waals surface area contributed by atoms with Crippen LogP contribution < -0.4 is 14.2 Å². The lowest BCUT2D eigenvalue weighted by atomic mass is 10.1. The van der Waals surface area contributed by atoms with Gasteiger partial charge >= 0.3 is 6.61 Å². The van der Waals surface area contributed by atoms with Crippen molar-refractivity contribution in [3.05, 3.63) is 71.4 Å². The summed E-state index contributed by atoms with van der Waals surface area (Å²) in [5.74, 6) is -2.21. The predicted molar refractivity (Wildman–Crippen MR) is 141 cm³/mol. The lowest BCUT2D eigenvalue weighted by molar-refractivity contribution is -0.0528. The van der Waals surface area contributed by atoms with E-state index in [0.29, 0.717) is 33.4 Å². The molecule has 208 valence electrons. The minimum atomic E-state index is -4.06. The maximum atomic E-state index is 13.4. The molecule has 0 saturated heterocycles. The predicted octanol–water partition coefficient (Wildman–Crippen LogP) is 5.76. The van der Waals surface area contributed by atoms with Gasteiger partial charge in [0.1, 0.15) is 17.4 Å². The second kappa shape index (κ2) is 10.9. The van der Waals surface area contributed by atoms with Gasteiger partial charge in [-0.2, -0.15) is 8.78 Å². The van der Waals surface area contributed by atoms with Gasteiger partial charge in [-0.1, -0.05) is 0 Å². The van der Waals surface area contributed by atoms with Gasteiger partial charge in [0.15, 0.2) is 11.6 Å². The van der Waals surface area contributed by atoms with Crippen molar-refractivity contribution in [1.29, 1.82) is 0 Å². The summed E-state index contributed by atoms with van der Waals surface area (Å²) in [7, 11) is -4.06. The van der Waals surface area contributed by atoms with Gasteiger partial charge in [-0.15, -0.1) is 11.3 Å². The third-order valence-electron chi connectivity index (χ3n) is 5.73. The number of rotatable bonds is 9. The number of thiazole rings is 1. The molecular formula is C26H20F4N4O4S2. The zero-order valence-electron chi connectivity index (χ0n) is 20.9. The molecule has 2 aromatic heterocycles. The zero-order chi connectivity index (χ0) is 28.6. The van der Waals surface area contributed by atoms with Gasteiger partial charge in [0.2, 0.25) is 15.9 Å². The Morgan fingerprint density at radius 2 is 1.80 bits per heavy atom. The molecule has 0 radical (unpaired) electrons. The molecule has 40 heavy (non-hydrogen) atoms. The molecule has 0 spiro atoms. The quantitative estimate of drug-likeness (QED) is 0.172. The van der Waals surface area contributed by atoms with Crippen LogP contribution in [0, 0.1) is 25.5 Å². The van der Waals surface area contributed by atoms with E-state index < -0.39 is 33.2 Å². The normalized spacial score (nSPS) is 12.0. The van der Waals surface area contributed by atoms with Crippen LogP contribution in [0.15, 0.2) is 53.6 Å². The Bertz CT molecular complexity index is 1850. The van der Waals surface area contributed by atoms with Crippen molar-refractivity contribution in [2.45, 2.75) is 25.4 Å². The summed E-state index contributed by atoms with van der Waals surface area (Å²) in [6, 6.07) is 9.45. The molecule has 2 heterocycles. The van der Waals surface area contributed by atoms with E-state index in [9.17, 15) is 26.0 Å². The van der Waals surface area contributed by atoms with E-state index in [2.05, 4.69) is 19.4 Å². The fourth-order valence-electron chi connectivity index (χ4n) is 3.99. The Morgan fingerprint density at radius 1 is 1.00 bits per heavy atom. The van der Waals surface area contributed by atoms with Crippen LogP contribution >= 0.6 is 11.3 Å². The highest BCUT2D eigenvalue weighted by atomic mass is 32.2. The van der Waals surface area contributed by atoms with Crippen LogP contribution in [0.4, 0.5) is 17.6 Å². The SMILES string of the molecule is Cc1cc(-c2nc3c(C)cc(OCCNS(=O)(=O)c4ccc(F)c(F)c4)cc3s2)c2ncc(OC(F)F)nc2c1. The number of sulfonamides is 1. The van der Waals surface area contributed by atoms with Gasteiger partial charge in [-0.3, -0.25) is 0 Å². The number of alkyl halides is 2. The lowest BCUT2D eigenvalue weighted by Gasteiger charge is -2.09. The first-order chi connectivity index (χ1) is 19.0. The standard InChI is InChI=1S/C26H20F4N4O4S2/c1-13-7-17(24-20(8-13)33-22(12-31-24)38-26(29)30)25-34-23-14(2)9-15(10-21(23)39-25)37-6-5-32-40(35,36)16-3-4-18(27)19(28)11-16/h3-4,7-12,26,32H,5-6H2,1-2H3. The molecule has 0 aliphatic carbocycles. The van der Waals surface area contributed by atoms with Crippen LogP contribution in [-0.2, 0) is 10.0 Å². The van der Waals surface area contributed by atoms with Crippen molar-refractivity contribution >= 4 is 42.6 Å². The van der Waals surface area contributed by atoms with Crippen molar-refractivity contribution in [1.82, 2.24) is 19.7 Å². The molecular weight excluding hydrogens is 572 g/mol. The summed E-state index contributed by atoms with van der Waals surface area (Å²) in [6.07, 6.45) is 1.14. The minimum Gasteiger partial charge on any atom is -0.492 e. The van der Waals surface area contributed by atoms with Crippen molar-refractivity contribution in [3.63, 3.8) is 0 Å². The molecule has 0 unspecified atom stereocenters. The summed E-state index contributed by atoms with van der Waals surface area (Å²) in [6.45, 7) is 0.542. The van der Waals surface area contributed by atoms with E-state index >= 15 is 0 Å². The highest BCUT2D eigenvalue weighted by Crippen LogP contribution is 2.37. The Balaban J connectivity index is 1.34.